The fourth-order valence-electron chi connectivity index (χ4n) is 3.39. The van der Waals surface area contributed by atoms with Crippen LogP contribution < -0.4 is 14.8 Å². The molecule has 0 saturated carbocycles. The van der Waals surface area contributed by atoms with Crippen molar-refractivity contribution in [2.24, 2.45) is 15.4 Å². The second-order valence-corrected chi connectivity index (χ2v) is 7.40. The Bertz CT molecular complexity index is 1300. The van der Waals surface area contributed by atoms with Gasteiger partial charge in [-0.05, 0) is 34.9 Å². The van der Waals surface area contributed by atoms with E-state index < -0.39 is 0 Å². The number of aromatic nitrogens is 1. The molecule has 2 aromatic carbocycles. The first-order chi connectivity index (χ1) is 14.3. The lowest BCUT2D eigenvalue weighted by Gasteiger charge is -2.13. The maximum Gasteiger partial charge on any atom is 0.162 e. The fraction of sp³-hybridized carbons (Fsp3) is 0.143. The standard InChI is InChI=1S/C21H17N5O2S/c1-27-18-6-4-13(10-19(18)28-2)23-21-15-7-8-29-20(15)14-5-3-12(9-16(14)24-21)17-11-22-26-25-17/h3-10H,11H2,1-2H3,(H,23,24). The average molecular weight is 403 g/mol. The zero-order valence-electron chi connectivity index (χ0n) is 15.8. The minimum Gasteiger partial charge on any atom is -0.493 e. The van der Waals surface area contributed by atoms with Gasteiger partial charge in [-0.15, -0.1) is 16.4 Å². The third kappa shape index (κ3) is 3.07. The SMILES string of the molecule is COc1ccc(Nc2nc3cc(C4=NN=NC4)ccc3c3sccc23)cc1OC. The number of fused-ring (bicyclic) bond motifs is 3. The number of anilines is 2. The Balaban J connectivity index is 1.61. The molecule has 0 saturated heterocycles. The van der Waals surface area contributed by atoms with E-state index in [4.69, 9.17) is 14.5 Å². The third-order valence-electron chi connectivity index (χ3n) is 4.82. The highest BCUT2D eigenvalue weighted by molar-refractivity contribution is 7.18. The number of ether oxygens (including phenoxy) is 2. The van der Waals surface area contributed by atoms with Gasteiger partial charge in [0.2, 0.25) is 0 Å². The molecule has 0 amide bonds. The summed E-state index contributed by atoms with van der Waals surface area (Å²) in [6.45, 7) is 0.503. The molecule has 2 aromatic heterocycles. The summed E-state index contributed by atoms with van der Waals surface area (Å²) in [5.41, 5.74) is 3.61. The molecule has 3 heterocycles. The molecule has 0 bridgehead atoms. The van der Waals surface area contributed by atoms with Gasteiger partial charge in [0.1, 0.15) is 12.4 Å². The molecule has 1 aliphatic heterocycles. The van der Waals surface area contributed by atoms with Gasteiger partial charge in [-0.2, -0.15) is 5.11 Å². The molecule has 1 aliphatic rings. The number of methoxy groups -OCH3 is 2. The zero-order chi connectivity index (χ0) is 19.8. The van der Waals surface area contributed by atoms with Crippen LogP contribution >= 0.6 is 11.3 Å². The number of pyridine rings is 1. The predicted octanol–water partition coefficient (Wildman–Crippen LogP) is 5.38. The van der Waals surface area contributed by atoms with Crippen molar-refractivity contribution in [3.63, 3.8) is 0 Å². The molecule has 0 unspecified atom stereocenters. The lowest BCUT2D eigenvalue weighted by molar-refractivity contribution is 0.355. The minimum absolute atomic E-state index is 0.503. The van der Waals surface area contributed by atoms with Gasteiger partial charge in [0.15, 0.2) is 11.5 Å². The minimum atomic E-state index is 0.503. The zero-order valence-corrected chi connectivity index (χ0v) is 16.7. The van der Waals surface area contributed by atoms with E-state index in [0.29, 0.717) is 18.0 Å². The number of rotatable bonds is 5. The van der Waals surface area contributed by atoms with Crippen molar-refractivity contribution >= 4 is 49.5 Å². The van der Waals surface area contributed by atoms with E-state index in [1.807, 2.05) is 24.3 Å². The molecule has 0 spiro atoms. The molecule has 5 rings (SSSR count). The van der Waals surface area contributed by atoms with Gasteiger partial charge < -0.3 is 14.8 Å². The fourth-order valence-corrected chi connectivity index (χ4v) is 4.32. The van der Waals surface area contributed by atoms with Crippen molar-refractivity contribution in [1.29, 1.82) is 0 Å². The highest BCUT2D eigenvalue weighted by Crippen LogP contribution is 2.37. The Hall–Kier alpha value is -3.52. The molecule has 4 aromatic rings. The van der Waals surface area contributed by atoms with Crippen LogP contribution in [0.2, 0.25) is 0 Å². The molecular formula is C21H17N5O2S. The van der Waals surface area contributed by atoms with Crippen LogP contribution in [-0.2, 0) is 0 Å². The molecule has 29 heavy (non-hydrogen) atoms. The first-order valence-corrected chi connectivity index (χ1v) is 9.88. The van der Waals surface area contributed by atoms with E-state index in [2.05, 4.69) is 44.3 Å². The topological polar surface area (TPSA) is 80.5 Å². The highest BCUT2D eigenvalue weighted by Gasteiger charge is 2.14. The summed E-state index contributed by atoms with van der Waals surface area (Å²) in [6, 6.07) is 14.0. The molecule has 0 aliphatic carbocycles. The molecule has 0 radical (unpaired) electrons. The molecule has 1 N–H and O–H groups in total. The van der Waals surface area contributed by atoms with Crippen molar-refractivity contribution in [2.75, 3.05) is 26.1 Å². The first kappa shape index (κ1) is 17.6. The third-order valence-corrected chi connectivity index (χ3v) is 5.77. The van der Waals surface area contributed by atoms with Crippen molar-refractivity contribution in [3.8, 4) is 11.5 Å². The second-order valence-electron chi connectivity index (χ2n) is 6.49. The van der Waals surface area contributed by atoms with Gasteiger partial charge in [0.25, 0.3) is 0 Å². The monoisotopic (exact) mass is 403 g/mol. The number of hydrogen-bond donors (Lipinski definition) is 1. The van der Waals surface area contributed by atoms with E-state index in [9.17, 15) is 0 Å². The van der Waals surface area contributed by atoms with Gasteiger partial charge in [-0.25, -0.2) is 4.98 Å². The molecule has 144 valence electrons. The van der Waals surface area contributed by atoms with Crippen LogP contribution in [0.3, 0.4) is 0 Å². The summed E-state index contributed by atoms with van der Waals surface area (Å²) in [7, 11) is 3.25. The summed E-state index contributed by atoms with van der Waals surface area (Å²) in [4.78, 5) is 4.91. The molecule has 0 atom stereocenters. The summed E-state index contributed by atoms with van der Waals surface area (Å²) in [5.74, 6) is 2.14. The lowest BCUT2D eigenvalue weighted by atomic mass is 10.1. The van der Waals surface area contributed by atoms with Crippen molar-refractivity contribution in [1.82, 2.24) is 4.98 Å². The van der Waals surface area contributed by atoms with Crippen molar-refractivity contribution < 1.29 is 9.47 Å². The van der Waals surface area contributed by atoms with Gasteiger partial charge in [0, 0.05) is 32.8 Å². The van der Waals surface area contributed by atoms with E-state index in [1.54, 1.807) is 25.6 Å². The van der Waals surface area contributed by atoms with Crippen LogP contribution in [-0.4, -0.2) is 31.5 Å². The van der Waals surface area contributed by atoms with Gasteiger partial charge in [0.05, 0.1) is 25.4 Å². The number of benzene rings is 2. The van der Waals surface area contributed by atoms with Crippen LogP contribution in [0.5, 0.6) is 11.5 Å². The number of thiophene rings is 1. The quantitative estimate of drug-likeness (QED) is 0.485. The average Bonchev–Trinajstić information content (AvgIpc) is 3.45. The number of nitrogens with zero attached hydrogens (tertiary/aromatic N) is 4. The molecule has 0 fully saturated rings. The van der Waals surface area contributed by atoms with Crippen molar-refractivity contribution in [2.45, 2.75) is 0 Å². The summed E-state index contributed by atoms with van der Waals surface area (Å²) in [6.07, 6.45) is 0. The van der Waals surface area contributed by atoms with Gasteiger partial charge >= 0.3 is 0 Å². The number of nitrogens with one attached hydrogen (secondary N) is 1. The van der Waals surface area contributed by atoms with E-state index in [-0.39, 0.29) is 0 Å². The summed E-state index contributed by atoms with van der Waals surface area (Å²) in [5, 5.41) is 19.5. The molecule has 7 nitrogen and oxygen atoms in total. The van der Waals surface area contributed by atoms with Gasteiger partial charge in [-0.3, -0.25) is 0 Å². The lowest BCUT2D eigenvalue weighted by Crippen LogP contribution is -2.02. The Kier molecular flexibility index (Phi) is 4.33. The largest absolute Gasteiger partial charge is 0.493 e. The van der Waals surface area contributed by atoms with E-state index in [0.717, 1.165) is 39.1 Å². The van der Waals surface area contributed by atoms with Crippen LogP contribution in [0.25, 0.3) is 21.0 Å². The van der Waals surface area contributed by atoms with E-state index in [1.165, 1.54) is 4.70 Å². The summed E-state index contributed by atoms with van der Waals surface area (Å²) < 4.78 is 11.9. The Labute approximate surface area is 170 Å². The molecular weight excluding hydrogens is 386 g/mol. The van der Waals surface area contributed by atoms with E-state index >= 15 is 0 Å². The highest BCUT2D eigenvalue weighted by atomic mass is 32.1. The summed E-state index contributed by atoms with van der Waals surface area (Å²) >= 11 is 1.70. The maximum absolute atomic E-state index is 5.42. The van der Waals surface area contributed by atoms with Crippen LogP contribution in [0, 0.1) is 0 Å². The number of hydrogen-bond acceptors (Lipinski definition) is 8. The predicted molar refractivity (Wildman–Crippen MR) is 116 cm³/mol. The van der Waals surface area contributed by atoms with Crippen LogP contribution in [0.15, 0.2) is 63.3 Å². The Morgan fingerprint density at radius 3 is 2.66 bits per heavy atom. The van der Waals surface area contributed by atoms with Gasteiger partial charge in [-0.1, -0.05) is 12.1 Å². The smallest absolute Gasteiger partial charge is 0.162 e. The Morgan fingerprint density at radius 1 is 0.966 bits per heavy atom. The van der Waals surface area contributed by atoms with Crippen LogP contribution in [0.1, 0.15) is 5.56 Å². The van der Waals surface area contributed by atoms with Crippen LogP contribution in [0.4, 0.5) is 11.5 Å². The normalized spacial score (nSPS) is 13.1. The second kappa shape index (κ2) is 7.14. The first-order valence-electron chi connectivity index (χ1n) is 9.00. The van der Waals surface area contributed by atoms with Crippen molar-refractivity contribution in [3.05, 3.63) is 53.4 Å². The maximum atomic E-state index is 5.42. The molecule has 8 heteroatoms. The Morgan fingerprint density at radius 2 is 1.86 bits per heavy atom.